The molecule has 6 aromatic carbocycles. The predicted octanol–water partition coefficient (Wildman–Crippen LogP) is 12.3. The highest BCUT2D eigenvalue weighted by atomic mass is 15.1. The van der Waals surface area contributed by atoms with E-state index in [4.69, 9.17) is 11.8 Å². The molecule has 0 N–H and O–H groups in total. The molecule has 2 nitrogen and oxygen atoms in total. The summed E-state index contributed by atoms with van der Waals surface area (Å²) in [4.78, 5) is 6.65. The van der Waals surface area contributed by atoms with Gasteiger partial charge in [0, 0.05) is 34.0 Å². The van der Waals surface area contributed by atoms with Gasteiger partial charge in [-0.3, -0.25) is 4.98 Å². The minimum atomic E-state index is -0.412. The van der Waals surface area contributed by atoms with E-state index in [2.05, 4.69) is 77.9 Å². The molecule has 0 unspecified atom stereocenters. The van der Waals surface area contributed by atoms with Gasteiger partial charge in [-0.2, -0.15) is 0 Å². The van der Waals surface area contributed by atoms with E-state index in [1.807, 2.05) is 66.9 Å². The van der Waals surface area contributed by atoms with Gasteiger partial charge in [0.2, 0.25) is 0 Å². The van der Waals surface area contributed by atoms with Crippen LogP contribution in [0.15, 0.2) is 133 Å². The quantitative estimate of drug-likeness (QED) is 0.150. The number of aromatic nitrogens is 1. The first kappa shape index (κ1) is 23.4. The van der Waals surface area contributed by atoms with Crippen molar-refractivity contribution in [1.29, 1.82) is 0 Å². The van der Waals surface area contributed by atoms with Gasteiger partial charge in [-0.1, -0.05) is 120 Å². The molecule has 0 spiro atoms. The summed E-state index contributed by atoms with van der Waals surface area (Å²) in [5.74, 6) is 0. The summed E-state index contributed by atoms with van der Waals surface area (Å²) in [7, 11) is 0. The number of hydrogen-bond donors (Lipinski definition) is 0. The molecular weight excluding hydrogens is 544 g/mol. The average Bonchev–Trinajstić information content (AvgIpc) is 3.09. The van der Waals surface area contributed by atoms with E-state index in [-0.39, 0.29) is 40.7 Å². The molecule has 45 heavy (non-hydrogen) atoms. The molecule has 7 aromatic rings. The molecule has 0 aliphatic rings. The van der Waals surface area contributed by atoms with Crippen LogP contribution >= 0.6 is 0 Å². The highest BCUT2D eigenvalue weighted by molar-refractivity contribution is 6.17. The van der Waals surface area contributed by atoms with Gasteiger partial charge in [-0.25, -0.2) is 0 Å². The summed E-state index contributed by atoms with van der Waals surface area (Å²) in [5.41, 5.74) is 6.89. The number of benzene rings is 6. The minimum Gasteiger partial charge on any atom is -0.311 e. The Balaban J connectivity index is 1.44. The molecule has 1 heterocycles. The third-order valence-electron chi connectivity index (χ3n) is 8.54. The fraction of sp³-hybridized carbons (Fsp3) is 0.186. The molecule has 222 valence electrons. The number of para-hydroxylation sites is 2. The van der Waals surface area contributed by atoms with Crippen LogP contribution < -0.4 is 4.90 Å². The van der Waals surface area contributed by atoms with Crippen LogP contribution in [0.25, 0.3) is 43.6 Å². The summed E-state index contributed by atoms with van der Waals surface area (Å²) in [6.45, 7) is 13.7. The van der Waals surface area contributed by atoms with Gasteiger partial charge >= 0.3 is 0 Å². The van der Waals surface area contributed by atoms with Crippen molar-refractivity contribution in [3.05, 3.63) is 145 Å². The molecule has 0 radical (unpaired) electrons. The second-order valence-electron chi connectivity index (χ2n) is 13.8. The average molecular weight is 590 g/mol. The zero-order valence-electron chi connectivity index (χ0n) is 31.7. The monoisotopic (exact) mass is 589 g/mol. The first-order valence-electron chi connectivity index (χ1n) is 18.0. The molecular formula is C43H40N2. The maximum Gasteiger partial charge on any atom is 0.0783 e. The summed E-state index contributed by atoms with van der Waals surface area (Å²) in [5, 5.41) is 6.03. The van der Waals surface area contributed by atoms with Crippen molar-refractivity contribution < 1.29 is 6.85 Å². The van der Waals surface area contributed by atoms with E-state index in [9.17, 15) is 0 Å². The Kier molecular flexibility index (Phi) is 5.67. The van der Waals surface area contributed by atoms with Crippen LogP contribution in [0.5, 0.6) is 0 Å². The van der Waals surface area contributed by atoms with Crippen LogP contribution in [0.3, 0.4) is 0 Å². The van der Waals surface area contributed by atoms with Crippen LogP contribution in [0.4, 0.5) is 17.1 Å². The third kappa shape index (κ3) is 5.15. The SMILES string of the molecule is [2H]c1c([2H])c([2H])c(N(c2ccccc2)c2ccc(-c3ccc4c(C(C)(C)C)c5c(ccc6cccnc65)c(C(C)(C)C)c4c3)cc2)c([2H])c1[2H]. The number of fused-ring (bicyclic) bond motifs is 4. The van der Waals surface area contributed by atoms with Crippen molar-refractivity contribution >= 4 is 49.5 Å². The number of anilines is 3. The Morgan fingerprint density at radius 2 is 1.20 bits per heavy atom. The largest absolute Gasteiger partial charge is 0.311 e. The van der Waals surface area contributed by atoms with Crippen LogP contribution in [0, 0.1) is 0 Å². The van der Waals surface area contributed by atoms with Gasteiger partial charge in [0.25, 0.3) is 0 Å². The zero-order chi connectivity index (χ0) is 35.7. The van der Waals surface area contributed by atoms with Crippen molar-refractivity contribution in [3.63, 3.8) is 0 Å². The van der Waals surface area contributed by atoms with Gasteiger partial charge in [-0.05, 0) is 97.7 Å². The van der Waals surface area contributed by atoms with E-state index in [0.29, 0.717) is 11.4 Å². The predicted molar refractivity (Wildman–Crippen MR) is 194 cm³/mol. The van der Waals surface area contributed by atoms with Gasteiger partial charge in [0.15, 0.2) is 0 Å². The van der Waals surface area contributed by atoms with E-state index in [1.165, 1.54) is 32.7 Å². The van der Waals surface area contributed by atoms with E-state index >= 15 is 0 Å². The third-order valence-corrected chi connectivity index (χ3v) is 8.54. The lowest BCUT2D eigenvalue weighted by Gasteiger charge is -2.31. The highest BCUT2D eigenvalue weighted by Gasteiger charge is 2.29. The van der Waals surface area contributed by atoms with Crippen molar-refractivity contribution in [1.82, 2.24) is 4.98 Å². The maximum absolute atomic E-state index is 8.73. The van der Waals surface area contributed by atoms with Crippen molar-refractivity contribution in [2.24, 2.45) is 0 Å². The first-order chi connectivity index (χ1) is 23.7. The Bertz CT molecular complexity index is 2410. The molecule has 0 aliphatic heterocycles. The number of hydrogen-bond acceptors (Lipinski definition) is 2. The highest BCUT2D eigenvalue weighted by Crippen LogP contribution is 2.46. The smallest absolute Gasteiger partial charge is 0.0783 e. The van der Waals surface area contributed by atoms with Crippen molar-refractivity contribution in [3.8, 4) is 11.1 Å². The topological polar surface area (TPSA) is 16.1 Å². The van der Waals surface area contributed by atoms with E-state index in [1.54, 1.807) is 4.90 Å². The number of nitrogens with zero attached hydrogens (tertiary/aromatic N) is 2. The standard InChI is InChI=1S/C43H40N2/c1-42(2,3)39-36-26-21-30-14-13-27-44-41(30)38(36)40(43(4,5)6)35-25-22-31(28-37(35)39)29-19-23-34(24-20-29)45(32-15-9-7-10-16-32)33-17-11-8-12-18-33/h7-28H,1-6H3/i7D,9D,10D,15D,16D. The van der Waals surface area contributed by atoms with Crippen LogP contribution in [0.1, 0.15) is 59.5 Å². The molecule has 0 fully saturated rings. The van der Waals surface area contributed by atoms with Crippen molar-refractivity contribution in [2.45, 2.75) is 52.4 Å². The Morgan fingerprint density at radius 3 is 1.89 bits per heavy atom. The van der Waals surface area contributed by atoms with Gasteiger partial charge < -0.3 is 4.90 Å². The lowest BCUT2D eigenvalue weighted by atomic mass is 9.73. The second kappa shape index (κ2) is 10.9. The van der Waals surface area contributed by atoms with Crippen LogP contribution in [0.2, 0.25) is 0 Å². The normalized spacial score (nSPS) is 13.8. The number of pyridine rings is 1. The molecule has 7 rings (SSSR count). The fourth-order valence-corrected chi connectivity index (χ4v) is 6.76. The van der Waals surface area contributed by atoms with E-state index < -0.39 is 6.04 Å². The second-order valence-corrected chi connectivity index (χ2v) is 13.8. The summed E-state index contributed by atoms with van der Waals surface area (Å²) in [6.07, 6.45) is 1.89. The van der Waals surface area contributed by atoms with Gasteiger partial charge in [-0.15, -0.1) is 0 Å². The molecule has 0 saturated heterocycles. The van der Waals surface area contributed by atoms with E-state index in [0.717, 1.165) is 22.0 Å². The van der Waals surface area contributed by atoms with Crippen LogP contribution in [-0.4, -0.2) is 4.98 Å². The molecule has 2 heteroatoms. The fourth-order valence-electron chi connectivity index (χ4n) is 6.76. The molecule has 1 aromatic heterocycles. The molecule has 0 atom stereocenters. The molecule has 0 saturated carbocycles. The van der Waals surface area contributed by atoms with Crippen LogP contribution in [-0.2, 0) is 10.8 Å². The Morgan fingerprint density at radius 1 is 0.556 bits per heavy atom. The zero-order valence-corrected chi connectivity index (χ0v) is 26.7. The Labute approximate surface area is 274 Å². The van der Waals surface area contributed by atoms with Gasteiger partial charge in [0.1, 0.15) is 0 Å². The lowest BCUT2D eigenvalue weighted by Crippen LogP contribution is -2.18. The van der Waals surface area contributed by atoms with Crippen molar-refractivity contribution in [2.75, 3.05) is 4.90 Å². The summed E-state index contributed by atoms with van der Waals surface area (Å²) in [6, 6.07) is 31.1. The maximum atomic E-state index is 8.73. The van der Waals surface area contributed by atoms with Gasteiger partial charge in [0.05, 0.1) is 12.4 Å². The lowest BCUT2D eigenvalue weighted by molar-refractivity contribution is 0.593. The number of rotatable bonds is 4. The Hall–Kier alpha value is -4.95. The summed E-state index contributed by atoms with van der Waals surface area (Å²) >= 11 is 0. The molecule has 0 bridgehead atoms. The summed E-state index contributed by atoms with van der Waals surface area (Å²) < 4.78 is 42.3. The molecule has 0 aliphatic carbocycles. The first-order valence-corrected chi connectivity index (χ1v) is 15.5. The minimum absolute atomic E-state index is 0.110. The molecule has 0 amide bonds.